The van der Waals surface area contributed by atoms with E-state index in [0.29, 0.717) is 44.0 Å². The average Bonchev–Trinajstić information content (AvgIpc) is 2.62. The fourth-order valence-corrected chi connectivity index (χ4v) is 5.15. The Morgan fingerprint density at radius 2 is 1.80 bits per heavy atom. The molecule has 0 unspecified atom stereocenters. The molecule has 1 aromatic rings. The second kappa shape index (κ2) is 7.41. The minimum Gasteiger partial charge on any atom is -0.497 e. The van der Waals surface area contributed by atoms with Crippen LogP contribution in [0.15, 0.2) is 18.2 Å². The molecule has 138 valence electrons. The first-order valence-corrected chi connectivity index (χ1v) is 10.7. The largest absolute Gasteiger partial charge is 0.497 e. The molecule has 3 rings (SSSR count). The Bertz CT molecular complexity index is 731. The number of hydrogen-bond donors (Lipinski definition) is 0. The van der Waals surface area contributed by atoms with Crippen molar-refractivity contribution in [3.05, 3.63) is 23.2 Å². The molecule has 0 aromatic heterocycles. The molecule has 0 bridgehead atoms. The lowest BCUT2D eigenvalue weighted by atomic mass is 10.0. The minimum absolute atomic E-state index is 0.0892. The summed E-state index contributed by atoms with van der Waals surface area (Å²) in [5.41, 5.74) is 0.914. The number of benzene rings is 1. The van der Waals surface area contributed by atoms with Gasteiger partial charge in [0, 0.05) is 38.2 Å². The maximum atomic E-state index is 12.6. The van der Waals surface area contributed by atoms with Gasteiger partial charge in [-0.3, -0.25) is 4.79 Å². The van der Waals surface area contributed by atoms with Gasteiger partial charge < -0.3 is 14.5 Å². The van der Waals surface area contributed by atoms with Gasteiger partial charge in [0.2, 0.25) is 5.91 Å². The van der Waals surface area contributed by atoms with E-state index in [0.717, 1.165) is 11.4 Å². The zero-order valence-corrected chi connectivity index (χ0v) is 15.9. The number of ether oxygens (including phenoxy) is 1. The number of nitrogens with zero attached hydrogens (tertiary/aromatic N) is 2. The van der Waals surface area contributed by atoms with Crippen LogP contribution in [0.2, 0.25) is 5.02 Å². The quantitative estimate of drug-likeness (QED) is 0.792. The standard InChI is InChI=1S/C17H23ClN2O4S/c1-24-14-2-3-15(18)16(12-14)19-6-8-20(9-7-19)17(21)13-4-10-25(22,23)11-5-13/h2-3,12-13H,4-11H2,1H3. The van der Waals surface area contributed by atoms with Crippen molar-refractivity contribution in [1.29, 1.82) is 0 Å². The number of rotatable bonds is 3. The second-order valence-corrected chi connectivity index (χ2v) is 9.27. The van der Waals surface area contributed by atoms with Crippen LogP contribution < -0.4 is 9.64 Å². The van der Waals surface area contributed by atoms with Crippen molar-refractivity contribution in [1.82, 2.24) is 4.90 Å². The predicted molar refractivity (Wildman–Crippen MR) is 98.2 cm³/mol. The lowest BCUT2D eigenvalue weighted by Gasteiger charge is -2.38. The molecule has 0 aliphatic carbocycles. The van der Waals surface area contributed by atoms with Crippen LogP contribution in [0.25, 0.3) is 0 Å². The van der Waals surface area contributed by atoms with Crippen molar-refractivity contribution in [2.24, 2.45) is 5.92 Å². The topological polar surface area (TPSA) is 66.9 Å². The van der Waals surface area contributed by atoms with Crippen molar-refractivity contribution in [3.8, 4) is 5.75 Å². The van der Waals surface area contributed by atoms with Gasteiger partial charge in [-0.1, -0.05) is 11.6 Å². The average molecular weight is 387 g/mol. The molecule has 2 heterocycles. The molecule has 1 aromatic carbocycles. The van der Waals surface area contributed by atoms with Crippen molar-refractivity contribution in [2.45, 2.75) is 12.8 Å². The Kier molecular flexibility index (Phi) is 5.43. The first kappa shape index (κ1) is 18.3. The number of halogens is 1. The molecule has 25 heavy (non-hydrogen) atoms. The van der Waals surface area contributed by atoms with Crippen LogP contribution in [0.3, 0.4) is 0 Å². The van der Waals surface area contributed by atoms with Gasteiger partial charge in [-0.2, -0.15) is 0 Å². The summed E-state index contributed by atoms with van der Waals surface area (Å²) in [7, 11) is -1.32. The van der Waals surface area contributed by atoms with Crippen LogP contribution in [0, 0.1) is 5.92 Å². The van der Waals surface area contributed by atoms with E-state index in [4.69, 9.17) is 16.3 Å². The summed E-state index contributed by atoms with van der Waals surface area (Å²) in [6, 6.07) is 5.55. The molecule has 1 amide bonds. The lowest BCUT2D eigenvalue weighted by Crippen LogP contribution is -2.51. The molecular formula is C17H23ClN2O4S. The summed E-state index contributed by atoms with van der Waals surface area (Å²) in [5, 5.41) is 0.665. The number of hydrogen-bond acceptors (Lipinski definition) is 5. The van der Waals surface area contributed by atoms with Gasteiger partial charge in [-0.25, -0.2) is 8.42 Å². The van der Waals surface area contributed by atoms with Crippen LogP contribution in [0.1, 0.15) is 12.8 Å². The second-order valence-electron chi connectivity index (χ2n) is 6.56. The first-order chi connectivity index (χ1) is 11.9. The summed E-state index contributed by atoms with van der Waals surface area (Å²) in [6.07, 6.45) is 0.895. The number of carbonyl (C=O) groups excluding carboxylic acids is 1. The van der Waals surface area contributed by atoms with Crippen LogP contribution in [-0.2, 0) is 14.6 Å². The maximum absolute atomic E-state index is 12.6. The van der Waals surface area contributed by atoms with E-state index in [-0.39, 0.29) is 23.3 Å². The molecular weight excluding hydrogens is 364 g/mol. The summed E-state index contributed by atoms with van der Waals surface area (Å²) < 4.78 is 28.3. The van der Waals surface area contributed by atoms with Crippen LogP contribution in [0.4, 0.5) is 5.69 Å². The van der Waals surface area contributed by atoms with E-state index in [1.165, 1.54) is 0 Å². The normalized spacial score (nSPS) is 21.2. The fourth-order valence-electron chi connectivity index (χ4n) is 3.42. The van der Waals surface area contributed by atoms with Crippen molar-refractivity contribution < 1.29 is 17.9 Å². The van der Waals surface area contributed by atoms with Crippen LogP contribution >= 0.6 is 11.6 Å². The van der Waals surface area contributed by atoms with E-state index in [9.17, 15) is 13.2 Å². The van der Waals surface area contributed by atoms with Gasteiger partial charge >= 0.3 is 0 Å². The van der Waals surface area contributed by atoms with Gasteiger partial charge in [0.05, 0.1) is 29.3 Å². The lowest BCUT2D eigenvalue weighted by molar-refractivity contribution is -0.136. The highest BCUT2D eigenvalue weighted by Crippen LogP contribution is 2.31. The number of anilines is 1. The number of amides is 1. The third kappa shape index (κ3) is 4.20. The van der Waals surface area contributed by atoms with E-state index < -0.39 is 9.84 Å². The molecule has 2 saturated heterocycles. The molecule has 0 radical (unpaired) electrons. The molecule has 0 N–H and O–H groups in total. The summed E-state index contributed by atoms with van der Waals surface area (Å²) in [5.74, 6) is 0.939. The zero-order valence-electron chi connectivity index (χ0n) is 14.3. The third-order valence-corrected chi connectivity index (χ3v) is 7.02. The van der Waals surface area contributed by atoms with Crippen LogP contribution in [-0.4, -0.2) is 64.0 Å². The number of piperazine rings is 1. The molecule has 2 aliphatic rings. The van der Waals surface area contributed by atoms with Crippen molar-refractivity contribution in [3.63, 3.8) is 0 Å². The highest BCUT2D eigenvalue weighted by atomic mass is 35.5. The summed E-state index contributed by atoms with van der Waals surface area (Å²) in [4.78, 5) is 16.6. The molecule has 8 heteroatoms. The number of methoxy groups -OCH3 is 1. The smallest absolute Gasteiger partial charge is 0.225 e. The highest BCUT2D eigenvalue weighted by molar-refractivity contribution is 7.91. The third-order valence-electron chi connectivity index (χ3n) is 4.99. The Balaban J connectivity index is 1.59. The molecule has 0 spiro atoms. The van der Waals surface area contributed by atoms with Crippen LogP contribution in [0.5, 0.6) is 5.75 Å². The van der Waals surface area contributed by atoms with Crippen molar-refractivity contribution in [2.75, 3.05) is 49.7 Å². The van der Waals surface area contributed by atoms with Gasteiger partial charge in [-0.05, 0) is 25.0 Å². The summed E-state index contributed by atoms with van der Waals surface area (Å²) >= 11 is 6.30. The van der Waals surface area contributed by atoms with E-state index >= 15 is 0 Å². The molecule has 0 atom stereocenters. The number of carbonyl (C=O) groups is 1. The maximum Gasteiger partial charge on any atom is 0.225 e. The Hall–Kier alpha value is -1.47. The van der Waals surface area contributed by atoms with E-state index in [1.807, 2.05) is 23.1 Å². The summed E-state index contributed by atoms with van der Waals surface area (Å²) in [6.45, 7) is 2.64. The Labute approximate surface area is 153 Å². The van der Waals surface area contributed by atoms with Crippen molar-refractivity contribution >= 4 is 33.0 Å². The first-order valence-electron chi connectivity index (χ1n) is 8.47. The SMILES string of the molecule is COc1ccc(Cl)c(N2CCN(C(=O)C3CCS(=O)(=O)CC3)CC2)c1. The van der Waals surface area contributed by atoms with Gasteiger partial charge in [-0.15, -0.1) is 0 Å². The Morgan fingerprint density at radius 1 is 1.16 bits per heavy atom. The zero-order chi connectivity index (χ0) is 18.0. The fraction of sp³-hybridized carbons (Fsp3) is 0.588. The number of sulfone groups is 1. The van der Waals surface area contributed by atoms with Gasteiger partial charge in [0.25, 0.3) is 0 Å². The molecule has 2 fully saturated rings. The Morgan fingerprint density at radius 3 is 2.40 bits per heavy atom. The predicted octanol–water partition coefficient (Wildman–Crippen LogP) is 1.82. The molecule has 6 nitrogen and oxygen atoms in total. The van der Waals surface area contributed by atoms with E-state index in [1.54, 1.807) is 7.11 Å². The highest BCUT2D eigenvalue weighted by Gasteiger charge is 2.32. The molecule has 2 aliphatic heterocycles. The van der Waals surface area contributed by atoms with E-state index in [2.05, 4.69) is 4.90 Å². The van der Waals surface area contributed by atoms with Gasteiger partial charge in [0.1, 0.15) is 15.6 Å². The minimum atomic E-state index is -2.94. The molecule has 0 saturated carbocycles. The van der Waals surface area contributed by atoms with Gasteiger partial charge in [0.15, 0.2) is 0 Å². The monoisotopic (exact) mass is 386 g/mol.